The van der Waals surface area contributed by atoms with E-state index in [1.165, 1.54) is 5.56 Å². The predicted molar refractivity (Wildman–Crippen MR) is 112 cm³/mol. The minimum atomic E-state index is -0.141. The first-order valence-corrected chi connectivity index (χ1v) is 9.66. The van der Waals surface area contributed by atoms with E-state index in [1.54, 1.807) is 19.5 Å². The Morgan fingerprint density at radius 2 is 2.00 bits per heavy atom. The van der Waals surface area contributed by atoms with E-state index in [-0.39, 0.29) is 5.91 Å². The fourth-order valence-electron chi connectivity index (χ4n) is 3.94. The SMILES string of the molecule is COc1cc(C(=O)Nc2cccc3cnccc23)ccc1C1CCN(C)CC1. The van der Waals surface area contributed by atoms with Gasteiger partial charge in [0.15, 0.2) is 0 Å². The summed E-state index contributed by atoms with van der Waals surface area (Å²) < 4.78 is 5.63. The molecule has 1 aliphatic rings. The molecular formula is C23H25N3O2. The average Bonchev–Trinajstić information content (AvgIpc) is 2.74. The van der Waals surface area contributed by atoms with Crippen LogP contribution >= 0.6 is 0 Å². The van der Waals surface area contributed by atoms with Gasteiger partial charge in [-0.15, -0.1) is 0 Å². The molecule has 1 aliphatic heterocycles. The van der Waals surface area contributed by atoms with Gasteiger partial charge in [-0.25, -0.2) is 0 Å². The van der Waals surface area contributed by atoms with Crippen LogP contribution in [0.4, 0.5) is 5.69 Å². The van der Waals surface area contributed by atoms with Crippen LogP contribution in [0.5, 0.6) is 5.75 Å². The zero-order valence-corrected chi connectivity index (χ0v) is 16.3. The van der Waals surface area contributed by atoms with Gasteiger partial charge in [0, 0.05) is 34.4 Å². The number of fused-ring (bicyclic) bond motifs is 1. The van der Waals surface area contributed by atoms with Crippen LogP contribution in [-0.2, 0) is 0 Å². The normalized spacial score (nSPS) is 15.5. The first-order chi connectivity index (χ1) is 13.7. The smallest absolute Gasteiger partial charge is 0.255 e. The van der Waals surface area contributed by atoms with Gasteiger partial charge in [0.25, 0.3) is 5.91 Å². The van der Waals surface area contributed by atoms with Gasteiger partial charge in [-0.05, 0) is 68.7 Å². The van der Waals surface area contributed by atoms with Gasteiger partial charge in [-0.2, -0.15) is 0 Å². The molecule has 0 atom stereocenters. The first-order valence-electron chi connectivity index (χ1n) is 9.66. The van der Waals surface area contributed by atoms with Crippen LogP contribution in [0.1, 0.15) is 34.7 Å². The van der Waals surface area contributed by atoms with Crippen LogP contribution in [0, 0.1) is 0 Å². The number of methoxy groups -OCH3 is 1. The Morgan fingerprint density at radius 1 is 1.18 bits per heavy atom. The second-order valence-corrected chi connectivity index (χ2v) is 7.39. The zero-order valence-electron chi connectivity index (χ0n) is 16.3. The van der Waals surface area contributed by atoms with E-state index in [9.17, 15) is 4.79 Å². The molecule has 0 aliphatic carbocycles. The minimum Gasteiger partial charge on any atom is -0.496 e. The molecule has 0 radical (unpaired) electrons. The third-order valence-electron chi connectivity index (χ3n) is 5.58. The van der Waals surface area contributed by atoms with Crippen LogP contribution in [0.15, 0.2) is 54.9 Å². The summed E-state index contributed by atoms with van der Waals surface area (Å²) in [6, 6.07) is 13.5. The Labute approximate surface area is 165 Å². The summed E-state index contributed by atoms with van der Waals surface area (Å²) in [4.78, 5) is 19.4. The Balaban J connectivity index is 1.57. The fourth-order valence-corrected chi connectivity index (χ4v) is 3.94. The molecule has 1 aromatic heterocycles. The van der Waals surface area contributed by atoms with Crippen molar-refractivity contribution in [1.29, 1.82) is 0 Å². The molecule has 1 saturated heterocycles. The zero-order chi connectivity index (χ0) is 19.5. The number of nitrogens with one attached hydrogen (secondary N) is 1. The van der Waals surface area contributed by atoms with E-state index >= 15 is 0 Å². The summed E-state index contributed by atoms with van der Waals surface area (Å²) in [6.45, 7) is 2.18. The molecule has 5 heteroatoms. The van der Waals surface area contributed by atoms with E-state index < -0.39 is 0 Å². The fraction of sp³-hybridized carbons (Fsp3) is 0.304. The lowest BCUT2D eigenvalue weighted by Gasteiger charge is -2.30. The number of pyridine rings is 1. The average molecular weight is 375 g/mol. The lowest BCUT2D eigenvalue weighted by Crippen LogP contribution is -2.29. The van der Waals surface area contributed by atoms with E-state index in [0.717, 1.165) is 48.1 Å². The Morgan fingerprint density at radius 3 is 2.79 bits per heavy atom. The van der Waals surface area contributed by atoms with Crippen LogP contribution < -0.4 is 10.1 Å². The predicted octanol–water partition coefficient (Wildman–Crippen LogP) is 4.30. The third-order valence-corrected chi connectivity index (χ3v) is 5.58. The second-order valence-electron chi connectivity index (χ2n) is 7.39. The van der Waals surface area contributed by atoms with Crippen LogP contribution in [-0.4, -0.2) is 43.0 Å². The van der Waals surface area contributed by atoms with Crippen molar-refractivity contribution in [2.45, 2.75) is 18.8 Å². The van der Waals surface area contributed by atoms with Crippen LogP contribution in [0.25, 0.3) is 10.8 Å². The number of hydrogen-bond acceptors (Lipinski definition) is 4. The highest BCUT2D eigenvalue weighted by molar-refractivity contribution is 6.09. The Kier molecular flexibility index (Phi) is 5.26. The maximum absolute atomic E-state index is 12.9. The highest BCUT2D eigenvalue weighted by Crippen LogP contribution is 2.34. The summed E-state index contributed by atoms with van der Waals surface area (Å²) >= 11 is 0. The highest BCUT2D eigenvalue weighted by Gasteiger charge is 2.22. The van der Waals surface area contributed by atoms with Crippen molar-refractivity contribution in [3.63, 3.8) is 0 Å². The third kappa shape index (κ3) is 3.71. The number of likely N-dealkylation sites (tertiary alicyclic amines) is 1. The molecule has 2 aromatic carbocycles. The Hall–Kier alpha value is -2.92. The van der Waals surface area contributed by atoms with Crippen LogP contribution in [0.2, 0.25) is 0 Å². The molecule has 0 unspecified atom stereocenters. The quantitative estimate of drug-likeness (QED) is 0.738. The monoisotopic (exact) mass is 375 g/mol. The van der Waals surface area contributed by atoms with Crippen molar-refractivity contribution < 1.29 is 9.53 Å². The van der Waals surface area contributed by atoms with Crippen molar-refractivity contribution in [1.82, 2.24) is 9.88 Å². The molecular weight excluding hydrogens is 350 g/mol. The number of benzene rings is 2. The maximum Gasteiger partial charge on any atom is 0.255 e. The molecule has 3 aromatic rings. The summed E-state index contributed by atoms with van der Waals surface area (Å²) in [5.74, 6) is 1.13. The van der Waals surface area contributed by atoms with E-state index in [0.29, 0.717) is 11.5 Å². The van der Waals surface area contributed by atoms with Gasteiger partial charge in [0.2, 0.25) is 0 Å². The van der Waals surface area contributed by atoms with Crippen molar-refractivity contribution in [3.8, 4) is 5.75 Å². The number of carbonyl (C=O) groups excluding carboxylic acids is 1. The number of hydrogen-bond donors (Lipinski definition) is 1. The molecule has 1 amide bonds. The number of aromatic nitrogens is 1. The number of ether oxygens (including phenoxy) is 1. The van der Waals surface area contributed by atoms with E-state index in [2.05, 4.69) is 28.3 Å². The second kappa shape index (κ2) is 7.98. The van der Waals surface area contributed by atoms with E-state index in [1.807, 2.05) is 36.4 Å². The first kappa shape index (κ1) is 18.4. The van der Waals surface area contributed by atoms with Crippen LogP contribution in [0.3, 0.4) is 0 Å². The molecule has 2 heterocycles. The molecule has 28 heavy (non-hydrogen) atoms. The number of amides is 1. The summed E-state index contributed by atoms with van der Waals surface area (Å²) in [5, 5.41) is 5.00. The number of nitrogens with zero attached hydrogens (tertiary/aromatic N) is 2. The van der Waals surface area contributed by atoms with Gasteiger partial charge in [0.05, 0.1) is 7.11 Å². The van der Waals surface area contributed by atoms with Gasteiger partial charge in [-0.1, -0.05) is 18.2 Å². The summed E-state index contributed by atoms with van der Waals surface area (Å²) in [7, 11) is 3.83. The topological polar surface area (TPSA) is 54.5 Å². The van der Waals surface area contributed by atoms with Crippen molar-refractivity contribution >= 4 is 22.4 Å². The van der Waals surface area contributed by atoms with Gasteiger partial charge in [-0.3, -0.25) is 9.78 Å². The largest absolute Gasteiger partial charge is 0.496 e. The van der Waals surface area contributed by atoms with E-state index in [4.69, 9.17) is 4.74 Å². The molecule has 0 saturated carbocycles. The standard InChI is InChI=1S/C23H25N3O2/c1-26-12-9-16(10-13-26)20-7-6-17(14-22(20)28-2)23(27)25-21-5-3-4-18-15-24-11-8-19(18)21/h3-8,11,14-16H,9-10,12-13H2,1-2H3,(H,25,27). The molecule has 0 spiro atoms. The molecule has 1 fully saturated rings. The van der Waals surface area contributed by atoms with Crippen molar-refractivity contribution in [3.05, 3.63) is 66.0 Å². The summed E-state index contributed by atoms with van der Waals surface area (Å²) in [6.07, 6.45) is 5.76. The number of anilines is 1. The number of piperidine rings is 1. The summed E-state index contributed by atoms with van der Waals surface area (Å²) in [5.41, 5.74) is 2.58. The molecule has 4 rings (SSSR count). The van der Waals surface area contributed by atoms with Crippen molar-refractivity contribution in [2.75, 3.05) is 32.6 Å². The number of rotatable bonds is 4. The Bertz CT molecular complexity index is 989. The highest BCUT2D eigenvalue weighted by atomic mass is 16.5. The molecule has 1 N–H and O–H groups in total. The lowest BCUT2D eigenvalue weighted by molar-refractivity contribution is 0.102. The molecule has 5 nitrogen and oxygen atoms in total. The lowest BCUT2D eigenvalue weighted by atomic mass is 9.88. The van der Waals surface area contributed by atoms with Gasteiger partial charge < -0.3 is 15.0 Å². The number of carbonyl (C=O) groups is 1. The molecule has 144 valence electrons. The van der Waals surface area contributed by atoms with Gasteiger partial charge in [0.1, 0.15) is 5.75 Å². The minimum absolute atomic E-state index is 0.141. The maximum atomic E-state index is 12.9. The van der Waals surface area contributed by atoms with Crippen molar-refractivity contribution in [2.24, 2.45) is 0 Å². The molecule has 0 bridgehead atoms. The van der Waals surface area contributed by atoms with Gasteiger partial charge >= 0.3 is 0 Å².